The van der Waals surface area contributed by atoms with Crippen LogP contribution in [0.25, 0.3) is 0 Å². The van der Waals surface area contributed by atoms with Gasteiger partial charge in [-0.25, -0.2) is 4.79 Å². The first-order valence-electron chi connectivity index (χ1n) is 12.5. The predicted octanol–water partition coefficient (Wildman–Crippen LogP) is 1.44. The highest BCUT2D eigenvalue weighted by Gasteiger charge is 2.70. The molecule has 178 valence electrons. The van der Waals surface area contributed by atoms with Gasteiger partial charge in [0.2, 0.25) is 11.8 Å². The van der Waals surface area contributed by atoms with Gasteiger partial charge in [0, 0.05) is 36.0 Å². The second-order valence-electron chi connectivity index (χ2n) is 10.8. The van der Waals surface area contributed by atoms with Gasteiger partial charge < -0.3 is 20.1 Å². The summed E-state index contributed by atoms with van der Waals surface area (Å²) in [7, 11) is 0. The number of nitrogens with one attached hydrogen (secondary N) is 1. The van der Waals surface area contributed by atoms with Crippen molar-refractivity contribution in [1.82, 2.24) is 10.2 Å². The van der Waals surface area contributed by atoms with E-state index in [0.717, 1.165) is 6.54 Å². The molecular formula is C26H29N3O5. The fourth-order valence-corrected chi connectivity index (χ4v) is 8.31. The third-order valence-electron chi connectivity index (χ3n) is 9.51. The molecule has 7 aliphatic rings. The molecule has 5 fully saturated rings. The minimum absolute atomic E-state index is 0.104. The van der Waals surface area contributed by atoms with Crippen molar-refractivity contribution in [3.05, 3.63) is 41.5 Å². The van der Waals surface area contributed by atoms with Crippen molar-refractivity contribution in [2.75, 3.05) is 24.6 Å². The lowest BCUT2D eigenvalue weighted by atomic mass is 9.53. The maximum atomic E-state index is 13.2. The normalized spacial score (nSPS) is 40.6. The number of carbonyl (C=O) groups excluding carboxylic acids is 2. The van der Waals surface area contributed by atoms with Crippen LogP contribution >= 0.6 is 0 Å². The van der Waals surface area contributed by atoms with Gasteiger partial charge in [0.05, 0.1) is 25.2 Å². The van der Waals surface area contributed by atoms with E-state index in [-0.39, 0.29) is 23.3 Å². The molecule has 4 saturated heterocycles. The predicted molar refractivity (Wildman–Crippen MR) is 122 cm³/mol. The van der Waals surface area contributed by atoms with E-state index in [2.05, 4.69) is 45.5 Å². The van der Waals surface area contributed by atoms with Gasteiger partial charge >= 0.3 is 5.97 Å². The molecule has 2 amide bonds. The smallest absolute Gasteiger partial charge is 0.326 e. The number of carboxylic acids is 1. The average Bonchev–Trinajstić information content (AvgIpc) is 3.48. The maximum absolute atomic E-state index is 13.2. The maximum Gasteiger partial charge on any atom is 0.326 e. The van der Waals surface area contributed by atoms with Crippen molar-refractivity contribution in [1.29, 1.82) is 0 Å². The number of piperidine rings is 2. The number of amides is 2. The molecule has 7 atom stereocenters. The number of carbonyl (C=O) groups is 3. The van der Waals surface area contributed by atoms with E-state index < -0.39 is 12.0 Å². The summed E-state index contributed by atoms with van der Waals surface area (Å²) in [5.74, 6) is 0.242. The largest absolute Gasteiger partial charge is 0.480 e. The van der Waals surface area contributed by atoms with E-state index in [1.807, 2.05) is 0 Å². The zero-order chi connectivity index (χ0) is 23.2. The number of nitrogens with zero attached hydrogens (tertiary/aromatic N) is 2. The van der Waals surface area contributed by atoms with Crippen molar-refractivity contribution >= 4 is 23.5 Å². The highest BCUT2D eigenvalue weighted by Crippen LogP contribution is 2.65. The van der Waals surface area contributed by atoms with Crippen LogP contribution in [-0.2, 0) is 24.5 Å². The minimum atomic E-state index is -0.944. The Morgan fingerprint density at radius 2 is 2.09 bits per heavy atom. The van der Waals surface area contributed by atoms with E-state index in [1.165, 1.54) is 30.6 Å². The number of rotatable bonds is 1. The molecule has 0 aromatic heterocycles. The average molecular weight is 464 g/mol. The summed E-state index contributed by atoms with van der Waals surface area (Å²) in [5, 5.41) is 10.6. The number of ether oxygens (including phenoxy) is 1. The number of carboxylic acid groups (broad SMARTS) is 1. The first-order chi connectivity index (χ1) is 16.5. The van der Waals surface area contributed by atoms with Crippen LogP contribution in [0.5, 0.6) is 0 Å². The van der Waals surface area contributed by atoms with Gasteiger partial charge in [-0.05, 0) is 43.4 Å². The van der Waals surface area contributed by atoms with E-state index in [0.29, 0.717) is 49.8 Å². The Hall–Kier alpha value is -2.71. The van der Waals surface area contributed by atoms with E-state index in [4.69, 9.17) is 9.84 Å². The Morgan fingerprint density at radius 1 is 1.24 bits per heavy atom. The lowest BCUT2D eigenvalue weighted by Gasteiger charge is -2.58. The molecule has 1 aliphatic carbocycles. The SMILES string of the molecule is O=C1CC[C@@H](C(=O)O)N1.O=C1C[C@@H]2OCC=C3CN4CC[C@]56c7ccccc7N1[C@H]5[C@H]2[C@H]3C[C@H]46. The third-order valence-corrected chi connectivity index (χ3v) is 9.51. The summed E-state index contributed by atoms with van der Waals surface area (Å²) in [4.78, 5) is 38.6. The fourth-order valence-electron chi connectivity index (χ4n) is 8.31. The zero-order valence-corrected chi connectivity index (χ0v) is 19.0. The van der Waals surface area contributed by atoms with Crippen molar-refractivity contribution in [3.8, 4) is 0 Å². The molecule has 6 aliphatic heterocycles. The van der Waals surface area contributed by atoms with Gasteiger partial charge in [0.25, 0.3) is 0 Å². The van der Waals surface area contributed by atoms with Gasteiger partial charge in [0.15, 0.2) is 0 Å². The second kappa shape index (κ2) is 7.15. The van der Waals surface area contributed by atoms with Crippen LogP contribution in [0.15, 0.2) is 35.9 Å². The number of benzene rings is 1. The summed E-state index contributed by atoms with van der Waals surface area (Å²) >= 11 is 0. The van der Waals surface area contributed by atoms with E-state index in [9.17, 15) is 14.4 Å². The highest BCUT2D eigenvalue weighted by atomic mass is 16.5. The Labute approximate surface area is 197 Å². The summed E-state index contributed by atoms with van der Waals surface area (Å²) in [6.45, 7) is 2.97. The number of fused-ring (bicyclic) bond motifs is 2. The van der Waals surface area contributed by atoms with Crippen molar-refractivity contribution in [2.45, 2.75) is 61.7 Å². The second-order valence-corrected chi connectivity index (χ2v) is 10.8. The summed E-state index contributed by atoms with van der Waals surface area (Å²) in [6, 6.07) is 9.00. The molecule has 6 heterocycles. The molecule has 2 N–H and O–H groups in total. The quantitative estimate of drug-likeness (QED) is 0.612. The lowest BCUT2D eigenvalue weighted by Crippen LogP contribution is -2.69. The summed E-state index contributed by atoms with van der Waals surface area (Å²) in [6.07, 6.45) is 6.20. The van der Waals surface area contributed by atoms with E-state index >= 15 is 0 Å². The molecule has 1 aromatic carbocycles. The Kier molecular flexibility index (Phi) is 4.34. The van der Waals surface area contributed by atoms with Gasteiger partial charge in [-0.15, -0.1) is 0 Å². The number of hydrogen-bond donors (Lipinski definition) is 2. The minimum Gasteiger partial charge on any atom is -0.480 e. The standard InChI is InChI=1S/C21H22N2O2.C5H7NO3/c24-18-10-16-19-13-9-17-21(6-7-22(17)11-12(13)5-8-25-16)14-3-1-2-4-15(14)23(18)20(19)21;7-4-2-1-3(6-4)5(8)9/h1-5,13,16-17,19-20H,6-11H2;3H,1-2H2,(H,6,7)(H,8,9)/t13-,16-,17-,19-,20-,21+;3-/m00/s1. The van der Waals surface area contributed by atoms with Crippen molar-refractivity contribution in [2.24, 2.45) is 11.8 Å². The monoisotopic (exact) mass is 463 g/mol. The molecule has 8 heteroatoms. The first-order valence-corrected chi connectivity index (χ1v) is 12.5. The molecule has 8 nitrogen and oxygen atoms in total. The molecule has 1 aromatic rings. The summed E-state index contributed by atoms with van der Waals surface area (Å²) < 4.78 is 6.25. The van der Waals surface area contributed by atoms with Crippen LogP contribution < -0.4 is 10.2 Å². The number of anilines is 1. The molecule has 1 saturated carbocycles. The number of para-hydroxylation sites is 1. The molecule has 8 rings (SSSR count). The number of aliphatic carboxylic acids is 1. The molecule has 0 radical (unpaired) electrons. The highest BCUT2D eigenvalue weighted by molar-refractivity contribution is 5.99. The van der Waals surface area contributed by atoms with Crippen LogP contribution in [0.1, 0.15) is 37.7 Å². The summed E-state index contributed by atoms with van der Waals surface area (Å²) in [5.41, 5.74) is 4.35. The van der Waals surface area contributed by atoms with E-state index in [1.54, 1.807) is 5.57 Å². The van der Waals surface area contributed by atoms with Crippen LogP contribution in [0, 0.1) is 11.8 Å². The van der Waals surface area contributed by atoms with Gasteiger partial charge in [0.1, 0.15) is 6.04 Å². The van der Waals surface area contributed by atoms with Gasteiger partial charge in [-0.3, -0.25) is 14.5 Å². The lowest BCUT2D eigenvalue weighted by molar-refractivity contribution is -0.140. The van der Waals surface area contributed by atoms with Crippen molar-refractivity contribution < 1.29 is 24.2 Å². The van der Waals surface area contributed by atoms with Crippen LogP contribution in [0.4, 0.5) is 5.69 Å². The zero-order valence-electron chi connectivity index (χ0n) is 19.0. The first kappa shape index (κ1) is 20.6. The third kappa shape index (κ3) is 2.58. The van der Waals surface area contributed by atoms with Crippen LogP contribution in [0.2, 0.25) is 0 Å². The van der Waals surface area contributed by atoms with Crippen LogP contribution in [0.3, 0.4) is 0 Å². The Balaban J connectivity index is 0.000000190. The Morgan fingerprint density at radius 3 is 2.85 bits per heavy atom. The Bertz CT molecular complexity index is 1130. The number of hydrogen-bond acceptors (Lipinski definition) is 5. The molecule has 2 bridgehead atoms. The molecular weight excluding hydrogens is 434 g/mol. The van der Waals surface area contributed by atoms with Gasteiger partial charge in [-0.2, -0.15) is 0 Å². The van der Waals surface area contributed by atoms with Crippen LogP contribution in [-0.4, -0.2) is 71.7 Å². The fraction of sp³-hybridized carbons (Fsp3) is 0.577. The molecule has 34 heavy (non-hydrogen) atoms. The molecule has 0 unspecified atom stereocenters. The molecule has 1 spiro atoms. The topological polar surface area (TPSA) is 99.2 Å². The van der Waals surface area contributed by atoms with Crippen molar-refractivity contribution in [3.63, 3.8) is 0 Å². The van der Waals surface area contributed by atoms with Gasteiger partial charge in [-0.1, -0.05) is 29.8 Å².